The van der Waals surface area contributed by atoms with Crippen LogP contribution in [0.25, 0.3) is 0 Å². The Morgan fingerprint density at radius 3 is 2.50 bits per heavy atom. The number of carbonyl (C=O) groups excluding carboxylic acids is 1. The van der Waals surface area contributed by atoms with Crippen LogP contribution >= 0.6 is 23.2 Å². The minimum Gasteiger partial charge on any atom is -0.457 e. The van der Waals surface area contributed by atoms with Gasteiger partial charge in [0.25, 0.3) is 0 Å². The van der Waals surface area contributed by atoms with Crippen molar-refractivity contribution in [2.45, 2.75) is 43.9 Å². The lowest BCUT2D eigenvalue weighted by molar-refractivity contribution is -0.0129. The van der Waals surface area contributed by atoms with Crippen LogP contribution in [0.15, 0.2) is 18.2 Å². The molecule has 108 valence electrons. The second-order valence-corrected chi connectivity index (χ2v) is 6.52. The highest BCUT2D eigenvalue weighted by Gasteiger charge is 2.42. The van der Waals surface area contributed by atoms with Gasteiger partial charge < -0.3 is 4.74 Å². The first-order valence-electron chi connectivity index (χ1n) is 6.93. The largest absolute Gasteiger partial charge is 0.457 e. The van der Waals surface area contributed by atoms with Crippen LogP contribution in [0.4, 0.5) is 0 Å². The predicted octanol–water partition coefficient (Wildman–Crippen LogP) is 3.78. The van der Waals surface area contributed by atoms with E-state index in [1.54, 1.807) is 18.2 Å². The molecule has 3 nitrogen and oxygen atoms in total. The molecule has 0 aromatic heterocycles. The molecule has 1 aromatic carbocycles. The third-order valence-electron chi connectivity index (χ3n) is 4.46. The maximum atomic E-state index is 12.2. The highest BCUT2D eigenvalue weighted by atomic mass is 35.5. The quantitative estimate of drug-likeness (QED) is 0.778. The smallest absolute Gasteiger partial charge is 0.338 e. The lowest BCUT2D eigenvalue weighted by atomic mass is 10.0. The van der Waals surface area contributed by atoms with Gasteiger partial charge in [0.1, 0.15) is 6.10 Å². The Bertz CT molecular complexity index is 514. The molecule has 2 heterocycles. The van der Waals surface area contributed by atoms with Crippen LogP contribution in [0.2, 0.25) is 10.0 Å². The number of benzene rings is 1. The standard InChI is InChI=1S/C15H17Cl2NO2/c1-18-12-2-4-13(18)14(5-3-12)20-15(19)9-6-10(16)8-11(17)7-9/h6-8,12-14H,2-5H2,1H3. The van der Waals surface area contributed by atoms with Crippen molar-refractivity contribution in [3.63, 3.8) is 0 Å². The van der Waals surface area contributed by atoms with E-state index in [4.69, 9.17) is 27.9 Å². The first-order chi connectivity index (χ1) is 9.54. The molecule has 3 unspecified atom stereocenters. The van der Waals surface area contributed by atoms with Gasteiger partial charge in [-0.25, -0.2) is 4.79 Å². The molecular weight excluding hydrogens is 297 g/mol. The summed E-state index contributed by atoms with van der Waals surface area (Å²) in [5.41, 5.74) is 0.422. The summed E-state index contributed by atoms with van der Waals surface area (Å²) in [7, 11) is 2.12. The number of hydrogen-bond donors (Lipinski definition) is 0. The van der Waals surface area contributed by atoms with E-state index in [0.29, 0.717) is 27.7 Å². The van der Waals surface area contributed by atoms with Crippen molar-refractivity contribution in [3.05, 3.63) is 33.8 Å². The number of hydrogen-bond acceptors (Lipinski definition) is 3. The van der Waals surface area contributed by atoms with E-state index in [9.17, 15) is 4.79 Å². The maximum absolute atomic E-state index is 12.2. The molecule has 5 heteroatoms. The first kappa shape index (κ1) is 14.2. The van der Waals surface area contributed by atoms with Crippen LogP contribution in [0.5, 0.6) is 0 Å². The van der Waals surface area contributed by atoms with Crippen molar-refractivity contribution in [3.8, 4) is 0 Å². The van der Waals surface area contributed by atoms with Gasteiger partial charge in [0, 0.05) is 22.1 Å². The van der Waals surface area contributed by atoms with Gasteiger partial charge in [-0.05, 0) is 50.9 Å². The molecule has 0 N–H and O–H groups in total. The zero-order chi connectivity index (χ0) is 14.3. The fraction of sp³-hybridized carbons (Fsp3) is 0.533. The zero-order valence-corrected chi connectivity index (χ0v) is 12.8. The van der Waals surface area contributed by atoms with E-state index in [1.807, 2.05) is 0 Å². The average Bonchev–Trinajstić information content (AvgIpc) is 2.62. The molecule has 2 saturated heterocycles. The average molecular weight is 314 g/mol. The molecule has 0 radical (unpaired) electrons. The van der Waals surface area contributed by atoms with Gasteiger partial charge >= 0.3 is 5.97 Å². The lowest BCUT2D eigenvalue weighted by Gasteiger charge is -2.36. The third-order valence-corrected chi connectivity index (χ3v) is 4.90. The number of ether oxygens (including phenoxy) is 1. The van der Waals surface area contributed by atoms with Crippen LogP contribution < -0.4 is 0 Å². The van der Waals surface area contributed by atoms with Crippen LogP contribution in [-0.4, -0.2) is 36.1 Å². The summed E-state index contributed by atoms with van der Waals surface area (Å²) in [4.78, 5) is 14.6. The highest BCUT2D eigenvalue weighted by Crippen LogP contribution is 2.36. The Labute approximate surface area is 128 Å². The van der Waals surface area contributed by atoms with Gasteiger partial charge in [-0.1, -0.05) is 23.2 Å². The van der Waals surface area contributed by atoms with Crippen molar-refractivity contribution >= 4 is 29.2 Å². The van der Waals surface area contributed by atoms with E-state index < -0.39 is 0 Å². The van der Waals surface area contributed by atoms with Crippen LogP contribution in [0, 0.1) is 0 Å². The van der Waals surface area contributed by atoms with Crippen LogP contribution in [-0.2, 0) is 4.74 Å². The Hall–Kier alpha value is -0.770. The van der Waals surface area contributed by atoms with Gasteiger partial charge in [0.05, 0.1) is 5.56 Å². The lowest BCUT2D eigenvalue weighted by Crippen LogP contribution is -2.46. The minimum atomic E-state index is -0.335. The topological polar surface area (TPSA) is 29.5 Å². The van der Waals surface area contributed by atoms with Gasteiger partial charge in [-0.2, -0.15) is 0 Å². The second-order valence-electron chi connectivity index (χ2n) is 5.64. The first-order valence-corrected chi connectivity index (χ1v) is 7.69. The molecule has 0 amide bonds. The summed E-state index contributed by atoms with van der Waals surface area (Å²) in [6.07, 6.45) is 4.33. The number of halogens is 2. The molecule has 2 aliphatic heterocycles. The fourth-order valence-electron chi connectivity index (χ4n) is 3.40. The fourth-order valence-corrected chi connectivity index (χ4v) is 3.93. The van der Waals surface area contributed by atoms with Crippen molar-refractivity contribution in [1.82, 2.24) is 4.90 Å². The summed E-state index contributed by atoms with van der Waals surface area (Å²) in [6, 6.07) is 5.82. The van der Waals surface area contributed by atoms with Crippen molar-refractivity contribution < 1.29 is 9.53 Å². The van der Waals surface area contributed by atoms with E-state index >= 15 is 0 Å². The molecular formula is C15H17Cl2NO2. The Balaban J connectivity index is 1.72. The molecule has 0 aliphatic carbocycles. The number of piperidine rings is 1. The Kier molecular flexibility index (Phi) is 3.93. The van der Waals surface area contributed by atoms with E-state index in [1.165, 1.54) is 6.42 Å². The van der Waals surface area contributed by atoms with Gasteiger partial charge in [-0.3, -0.25) is 4.90 Å². The molecule has 2 fully saturated rings. The van der Waals surface area contributed by atoms with Gasteiger partial charge in [-0.15, -0.1) is 0 Å². The van der Waals surface area contributed by atoms with Crippen molar-refractivity contribution in [1.29, 1.82) is 0 Å². The molecule has 3 rings (SSSR count). The van der Waals surface area contributed by atoms with Crippen molar-refractivity contribution in [2.75, 3.05) is 7.05 Å². The highest BCUT2D eigenvalue weighted by molar-refractivity contribution is 6.35. The summed E-state index contributed by atoms with van der Waals surface area (Å²) >= 11 is 11.8. The summed E-state index contributed by atoms with van der Waals surface area (Å²) < 4.78 is 5.69. The van der Waals surface area contributed by atoms with Crippen molar-refractivity contribution in [2.24, 2.45) is 0 Å². The second kappa shape index (κ2) is 5.55. The van der Waals surface area contributed by atoms with Crippen LogP contribution in [0.3, 0.4) is 0 Å². The maximum Gasteiger partial charge on any atom is 0.338 e. The summed E-state index contributed by atoms with van der Waals surface area (Å²) in [5.74, 6) is -0.335. The summed E-state index contributed by atoms with van der Waals surface area (Å²) in [5, 5.41) is 0.900. The summed E-state index contributed by atoms with van der Waals surface area (Å²) in [6.45, 7) is 0. The number of nitrogens with zero attached hydrogens (tertiary/aromatic N) is 1. The molecule has 3 atom stereocenters. The van der Waals surface area contributed by atoms with Gasteiger partial charge in [0.15, 0.2) is 0 Å². The Morgan fingerprint density at radius 1 is 1.15 bits per heavy atom. The Morgan fingerprint density at radius 2 is 1.80 bits per heavy atom. The minimum absolute atomic E-state index is 0.0241. The van der Waals surface area contributed by atoms with E-state index in [2.05, 4.69) is 11.9 Å². The normalized spacial score (nSPS) is 29.4. The molecule has 0 saturated carbocycles. The molecule has 0 spiro atoms. The molecule has 2 aliphatic rings. The third kappa shape index (κ3) is 2.67. The zero-order valence-electron chi connectivity index (χ0n) is 11.3. The van der Waals surface area contributed by atoms with Crippen LogP contribution in [0.1, 0.15) is 36.0 Å². The predicted molar refractivity (Wildman–Crippen MR) is 79.5 cm³/mol. The van der Waals surface area contributed by atoms with Gasteiger partial charge in [0.2, 0.25) is 0 Å². The number of likely N-dealkylation sites (N-methyl/N-ethyl adjacent to an activating group) is 1. The number of esters is 1. The number of fused-ring (bicyclic) bond motifs is 2. The number of rotatable bonds is 2. The SMILES string of the molecule is CN1C2CCC(OC(=O)c3cc(Cl)cc(Cl)c3)C1CC2. The monoisotopic (exact) mass is 313 g/mol. The number of carbonyl (C=O) groups is 1. The molecule has 2 bridgehead atoms. The molecule has 20 heavy (non-hydrogen) atoms. The molecule has 1 aromatic rings. The van der Waals surface area contributed by atoms with E-state index in [-0.39, 0.29) is 12.1 Å². The van der Waals surface area contributed by atoms with E-state index in [0.717, 1.165) is 19.3 Å².